The molecule has 0 bridgehead atoms. The summed E-state index contributed by atoms with van der Waals surface area (Å²) in [5, 5.41) is 14.6. The SMILES string of the molecule is O[C@@]1(c2ccccc2)ON=C(c2ccccc2)C1(Cl)Cl. The van der Waals surface area contributed by atoms with Crippen molar-refractivity contribution in [1.82, 2.24) is 0 Å². The highest BCUT2D eigenvalue weighted by atomic mass is 35.5. The van der Waals surface area contributed by atoms with E-state index in [2.05, 4.69) is 5.16 Å². The third-order valence-electron chi connectivity index (χ3n) is 3.20. The molecular weight excluding hydrogens is 297 g/mol. The minimum Gasteiger partial charge on any atom is -0.351 e. The van der Waals surface area contributed by atoms with E-state index in [1.165, 1.54) is 0 Å². The molecule has 5 heteroatoms. The lowest BCUT2D eigenvalue weighted by Gasteiger charge is -2.30. The van der Waals surface area contributed by atoms with Crippen LogP contribution in [0.4, 0.5) is 0 Å². The fraction of sp³-hybridized carbons (Fsp3) is 0.133. The van der Waals surface area contributed by atoms with Gasteiger partial charge in [0.25, 0.3) is 5.79 Å². The van der Waals surface area contributed by atoms with Crippen molar-refractivity contribution in [1.29, 1.82) is 0 Å². The highest BCUT2D eigenvalue weighted by molar-refractivity contribution is 6.61. The summed E-state index contributed by atoms with van der Waals surface area (Å²) in [7, 11) is 0. The maximum absolute atomic E-state index is 10.7. The van der Waals surface area contributed by atoms with Gasteiger partial charge in [-0.3, -0.25) is 0 Å². The quantitative estimate of drug-likeness (QED) is 0.864. The lowest BCUT2D eigenvalue weighted by molar-refractivity contribution is -0.197. The van der Waals surface area contributed by atoms with Gasteiger partial charge in [0.2, 0.25) is 4.33 Å². The molecule has 0 radical (unpaired) electrons. The van der Waals surface area contributed by atoms with Crippen molar-refractivity contribution in [2.45, 2.75) is 10.1 Å². The zero-order valence-corrected chi connectivity index (χ0v) is 11.8. The van der Waals surface area contributed by atoms with Gasteiger partial charge in [0.15, 0.2) is 0 Å². The Labute approximate surface area is 126 Å². The molecule has 0 aromatic heterocycles. The van der Waals surface area contributed by atoms with Gasteiger partial charge in [-0.1, -0.05) is 89.0 Å². The number of alkyl halides is 2. The molecule has 0 amide bonds. The molecule has 0 saturated heterocycles. The summed E-state index contributed by atoms with van der Waals surface area (Å²) in [5.74, 6) is -1.91. The van der Waals surface area contributed by atoms with Crippen LogP contribution >= 0.6 is 23.2 Å². The number of benzene rings is 2. The standard InChI is InChI=1S/C15H11Cl2NO2/c16-14(17)13(11-7-3-1-4-8-11)18-20-15(14,19)12-9-5-2-6-10-12/h1-10,19H/t15-/m0/s1. The van der Waals surface area contributed by atoms with Crippen molar-refractivity contribution < 1.29 is 9.94 Å². The molecule has 1 aliphatic rings. The summed E-state index contributed by atoms with van der Waals surface area (Å²) >= 11 is 12.7. The smallest absolute Gasteiger partial charge is 0.299 e. The normalized spacial score (nSPS) is 24.1. The van der Waals surface area contributed by atoms with Crippen molar-refractivity contribution in [2.75, 3.05) is 0 Å². The van der Waals surface area contributed by atoms with Crippen LogP contribution in [0, 0.1) is 0 Å². The molecule has 102 valence electrons. The first-order chi connectivity index (χ1) is 9.56. The topological polar surface area (TPSA) is 41.8 Å². The molecular formula is C15H11Cl2NO2. The zero-order valence-electron chi connectivity index (χ0n) is 10.3. The first kappa shape index (κ1) is 13.4. The molecule has 0 aliphatic carbocycles. The molecule has 3 rings (SSSR count). The van der Waals surface area contributed by atoms with Gasteiger partial charge in [0.05, 0.1) is 0 Å². The van der Waals surface area contributed by atoms with E-state index in [1.54, 1.807) is 36.4 Å². The Hall–Kier alpha value is -1.55. The van der Waals surface area contributed by atoms with E-state index >= 15 is 0 Å². The number of rotatable bonds is 2. The third kappa shape index (κ3) is 1.90. The van der Waals surface area contributed by atoms with Crippen LogP contribution in [0.2, 0.25) is 0 Å². The van der Waals surface area contributed by atoms with Crippen molar-refractivity contribution in [3.63, 3.8) is 0 Å². The van der Waals surface area contributed by atoms with Gasteiger partial charge in [-0.05, 0) is 0 Å². The summed E-state index contributed by atoms with van der Waals surface area (Å²) in [6.07, 6.45) is 0. The molecule has 1 N–H and O–H groups in total. The van der Waals surface area contributed by atoms with Crippen molar-refractivity contribution in [2.24, 2.45) is 5.16 Å². The molecule has 3 nitrogen and oxygen atoms in total. The molecule has 1 atom stereocenters. The fourth-order valence-corrected chi connectivity index (χ4v) is 2.69. The highest BCUT2D eigenvalue weighted by Gasteiger charge is 2.61. The summed E-state index contributed by atoms with van der Waals surface area (Å²) in [6.45, 7) is 0. The van der Waals surface area contributed by atoms with E-state index in [4.69, 9.17) is 28.0 Å². The van der Waals surface area contributed by atoms with Gasteiger partial charge in [-0.25, -0.2) is 0 Å². The van der Waals surface area contributed by atoms with E-state index in [1.807, 2.05) is 24.3 Å². The molecule has 0 saturated carbocycles. The fourth-order valence-electron chi connectivity index (χ4n) is 2.11. The Bertz CT molecular complexity index is 643. The Kier molecular flexibility index (Phi) is 3.21. The van der Waals surface area contributed by atoms with Gasteiger partial charge in [-0.15, -0.1) is 0 Å². The number of hydrogen-bond acceptors (Lipinski definition) is 3. The monoisotopic (exact) mass is 307 g/mol. The van der Waals surface area contributed by atoms with Crippen LogP contribution < -0.4 is 0 Å². The number of oxime groups is 1. The van der Waals surface area contributed by atoms with Gasteiger partial charge in [0.1, 0.15) is 5.71 Å². The largest absolute Gasteiger partial charge is 0.351 e. The number of halogens is 2. The van der Waals surface area contributed by atoms with Crippen LogP contribution in [-0.4, -0.2) is 15.2 Å². The molecule has 2 aromatic carbocycles. The van der Waals surface area contributed by atoms with Crippen LogP contribution in [0.3, 0.4) is 0 Å². The van der Waals surface area contributed by atoms with Gasteiger partial charge < -0.3 is 9.94 Å². The second kappa shape index (κ2) is 4.77. The Morgan fingerprint density at radius 1 is 0.900 bits per heavy atom. The van der Waals surface area contributed by atoms with E-state index < -0.39 is 10.1 Å². The Morgan fingerprint density at radius 2 is 1.45 bits per heavy atom. The molecule has 2 aromatic rings. The van der Waals surface area contributed by atoms with Gasteiger partial charge >= 0.3 is 0 Å². The van der Waals surface area contributed by atoms with Crippen molar-refractivity contribution >= 4 is 28.9 Å². The average Bonchev–Trinajstić information content (AvgIpc) is 2.72. The lowest BCUT2D eigenvalue weighted by Crippen LogP contribution is -2.45. The van der Waals surface area contributed by atoms with Crippen molar-refractivity contribution in [3.05, 3.63) is 71.8 Å². The summed E-state index contributed by atoms with van der Waals surface area (Å²) in [5.41, 5.74) is 1.43. The predicted octanol–water partition coefficient (Wildman–Crippen LogP) is 3.44. The number of hydrogen-bond donors (Lipinski definition) is 1. The predicted molar refractivity (Wildman–Crippen MR) is 78.8 cm³/mol. The molecule has 0 fully saturated rings. The number of aliphatic hydroxyl groups is 1. The lowest BCUT2D eigenvalue weighted by atomic mass is 9.96. The van der Waals surface area contributed by atoms with Crippen LogP contribution in [0.15, 0.2) is 65.8 Å². The minimum absolute atomic E-state index is 0.285. The molecule has 1 aliphatic heterocycles. The van der Waals surface area contributed by atoms with Crippen LogP contribution in [0.5, 0.6) is 0 Å². The van der Waals surface area contributed by atoms with E-state index in [0.717, 1.165) is 0 Å². The van der Waals surface area contributed by atoms with Crippen LogP contribution in [0.1, 0.15) is 11.1 Å². The maximum Gasteiger partial charge on any atom is 0.299 e. The van der Waals surface area contributed by atoms with Crippen LogP contribution in [0.25, 0.3) is 0 Å². The highest BCUT2D eigenvalue weighted by Crippen LogP contribution is 2.49. The minimum atomic E-state index is -1.91. The first-order valence-electron chi connectivity index (χ1n) is 6.03. The number of nitrogens with zero attached hydrogens (tertiary/aromatic N) is 1. The van der Waals surface area contributed by atoms with E-state index in [9.17, 15) is 5.11 Å². The second-order valence-corrected chi connectivity index (χ2v) is 5.81. The Morgan fingerprint density at radius 3 is 2.05 bits per heavy atom. The average molecular weight is 308 g/mol. The van der Waals surface area contributed by atoms with Gasteiger partial charge in [-0.2, -0.15) is 0 Å². The summed E-state index contributed by atoms with van der Waals surface area (Å²) in [4.78, 5) is 5.19. The maximum atomic E-state index is 10.7. The van der Waals surface area contributed by atoms with Crippen LogP contribution in [-0.2, 0) is 10.6 Å². The second-order valence-electron chi connectivity index (χ2n) is 4.48. The Balaban J connectivity index is 2.04. The van der Waals surface area contributed by atoms with E-state index in [0.29, 0.717) is 11.1 Å². The van der Waals surface area contributed by atoms with Crippen molar-refractivity contribution in [3.8, 4) is 0 Å². The van der Waals surface area contributed by atoms with Gasteiger partial charge in [0, 0.05) is 11.1 Å². The summed E-state index contributed by atoms with van der Waals surface area (Å²) < 4.78 is -1.70. The first-order valence-corrected chi connectivity index (χ1v) is 6.79. The molecule has 20 heavy (non-hydrogen) atoms. The molecule has 0 spiro atoms. The molecule has 0 unspecified atom stereocenters. The summed E-state index contributed by atoms with van der Waals surface area (Å²) in [6, 6.07) is 17.9. The third-order valence-corrected chi connectivity index (χ3v) is 4.07. The zero-order chi connectivity index (χ0) is 14.2. The molecule has 1 heterocycles. The van der Waals surface area contributed by atoms with E-state index in [-0.39, 0.29) is 5.71 Å².